The Morgan fingerprint density at radius 1 is 0.885 bits per heavy atom. The van der Waals surface area contributed by atoms with Crippen LogP contribution in [0.2, 0.25) is 0 Å². The van der Waals surface area contributed by atoms with Crippen molar-refractivity contribution in [2.45, 2.75) is 26.7 Å². The Morgan fingerprint density at radius 3 is 2.12 bits per heavy atom. The molecule has 0 aliphatic heterocycles. The van der Waals surface area contributed by atoms with Gasteiger partial charge in [0.15, 0.2) is 17.3 Å². The minimum absolute atomic E-state index is 0.104. The van der Waals surface area contributed by atoms with Gasteiger partial charge in [-0.05, 0) is 67.7 Å². The second kappa shape index (κ2) is 7.24. The van der Waals surface area contributed by atoms with Gasteiger partial charge in [-0.15, -0.1) is 0 Å². The average molecular weight is 352 g/mol. The van der Waals surface area contributed by atoms with Crippen LogP contribution in [0.25, 0.3) is 6.08 Å². The predicted molar refractivity (Wildman–Crippen MR) is 103 cm³/mol. The highest BCUT2D eigenvalue weighted by atomic mass is 16.5. The molecule has 0 unspecified atom stereocenters. The highest BCUT2D eigenvalue weighted by Crippen LogP contribution is 2.39. The maximum Gasteiger partial charge on any atom is 0.203 e. The number of methoxy groups -OCH3 is 3. The molecule has 2 aromatic carbocycles. The summed E-state index contributed by atoms with van der Waals surface area (Å²) in [5.74, 6) is 1.80. The summed E-state index contributed by atoms with van der Waals surface area (Å²) in [4.78, 5) is 13.0. The maximum atomic E-state index is 13.0. The number of benzene rings is 2. The molecule has 4 heteroatoms. The molecule has 0 bridgehead atoms. The lowest BCUT2D eigenvalue weighted by Crippen LogP contribution is -2.15. The molecule has 0 radical (unpaired) electrons. The van der Waals surface area contributed by atoms with Gasteiger partial charge in [-0.25, -0.2) is 0 Å². The Bertz CT molecular complexity index is 868. The fraction of sp³-hybridized carbons (Fsp3) is 0.318. The summed E-state index contributed by atoms with van der Waals surface area (Å²) in [5.41, 5.74) is 5.96. The van der Waals surface area contributed by atoms with Crippen LogP contribution in [-0.2, 0) is 6.42 Å². The smallest absolute Gasteiger partial charge is 0.203 e. The van der Waals surface area contributed by atoms with Crippen LogP contribution in [0, 0.1) is 13.8 Å². The molecule has 0 aromatic heterocycles. The number of hydrogen-bond acceptors (Lipinski definition) is 4. The number of ketones is 1. The quantitative estimate of drug-likeness (QED) is 0.758. The zero-order valence-electron chi connectivity index (χ0n) is 15.9. The van der Waals surface area contributed by atoms with Crippen LogP contribution < -0.4 is 14.2 Å². The first kappa shape index (κ1) is 18.1. The number of Topliss-reactive ketones (excluding diaryl/α,β-unsaturated/α-hetero) is 1. The van der Waals surface area contributed by atoms with E-state index in [9.17, 15) is 4.79 Å². The Labute approximate surface area is 154 Å². The SMILES string of the molecule is COc1cc(/C=C2/CCc3c(C)cc(C)cc3C2=O)cc(OC)c1OC. The molecule has 3 rings (SSSR count). The third-order valence-electron chi connectivity index (χ3n) is 4.83. The Hall–Kier alpha value is -2.75. The van der Waals surface area contributed by atoms with Gasteiger partial charge in [0.25, 0.3) is 0 Å². The molecule has 0 atom stereocenters. The van der Waals surface area contributed by atoms with Crippen LogP contribution in [0.4, 0.5) is 0 Å². The predicted octanol–water partition coefficient (Wildman–Crippen LogP) is 4.54. The van der Waals surface area contributed by atoms with E-state index in [0.717, 1.165) is 35.1 Å². The number of aryl methyl sites for hydroxylation is 2. The lowest BCUT2D eigenvalue weighted by molar-refractivity contribution is 0.102. The first-order chi connectivity index (χ1) is 12.5. The minimum atomic E-state index is 0.104. The van der Waals surface area contributed by atoms with E-state index in [2.05, 4.69) is 13.0 Å². The van der Waals surface area contributed by atoms with Gasteiger partial charge in [-0.3, -0.25) is 4.79 Å². The van der Waals surface area contributed by atoms with Crippen LogP contribution >= 0.6 is 0 Å². The van der Waals surface area contributed by atoms with Gasteiger partial charge in [0.05, 0.1) is 21.3 Å². The molecule has 2 aromatic rings. The highest BCUT2D eigenvalue weighted by Gasteiger charge is 2.24. The van der Waals surface area contributed by atoms with Crippen LogP contribution in [0.1, 0.15) is 39.0 Å². The highest BCUT2D eigenvalue weighted by molar-refractivity contribution is 6.13. The van der Waals surface area contributed by atoms with Gasteiger partial charge in [0.2, 0.25) is 5.75 Å². The van der Waals surface area contributed by atoms with Gasteiger partial charge in [0.1, 0.15) is 0 Å². The van der Waals surface area contributed by atoms with Crippen LogP contribution in [0.5, 0.6) is 17.2 Å². The molecule has 0 N–H and O–H groups in total. The first-order valence-electron chi connectivity index (χ1n) is 8.64. The van der Waals surface area contributed by atoms with Crippen molar-refractivity contribution in [2.24, 2.45) is 0 Å². The second-order valence-corrected chi connectivity index (χ2v) is 6.57. The van der Waals surface area contributed by atoms with Crippen molar-refractivity contribution in [3.63, 3.8) is 0 Å². The molecule has 26 heavy (non-hydrogen) atoms. The Balaban J connectivity index is 2.05. The monoisotopic (exact) mass is 352 g/mol. The number of carbonyl (C=O) groups excluding carboxylic acids is 1. The topological polar surface area (TPSA) is 44.8 Å². The van der Waals surface area contributed by atoms with Gasteiger partial charge in [-0.1, -0.05) is 11.6 Å². The zero-order chi connectivity index (χ0) is 18.8. The van der Waals surface area contributed by atoms with Crippen LogP contribution in [-0.4, -0.2) is 27.1 Å². The molecule has 0 saturated heterocycles. The summed E-state index contributed by atoms with van der Waals surface area (Å²) in [6.07, 6.45) is 3.53. The molecule has 0 heterocycles. The number of ether oxygens (including phenoxy) is 3. The number of carbonyl (C=O) groups is 1. The number of allylic oxidation sites excluding steroid dienone is 1. The van der Waals surface area contributed by atoms with E-state index in [0.29, 0.717) is 17.2 Å². The molecule has 0 spiro atoms. The number of hydrogen-bond donors (Lipinski definition) is 0. The third-order valence-corrected chi connectivity index (χ3v) is 4.83. The lowest BCUT2D eigenvalue weighted by atomic mass is 9.83. The lowest BCUT2D eigenvalue weighted by Gasteiger charge is -2.20. The van der Waals surface area contributed by atoms with E-state index in [1.165, 1.54) is 11.1 Å². The van der Waals surface area contributed by atoms with Crippen molar-refractivity contribution in [1.29, 1.82) is 0 Å². The molecule has 0 fully saturated rings. The molecular formula is C22H24O4. The van der Waals surface area contributed by atoms with Crippen LogP contribution in [0.3, 0.4) is 0 Å². The van der Waals surface area contributed by atoms with Crippen LogP contribution in [0.15, 0.2) is 29.8 Å². The van der Waals surface area contributed by atoms with E-state index in [4.69, 9.17) is 14.2 Å². The van der Waals surface area contributed by atoms with E-state index in [-0.39, 0.29) is 5.78 Å². The zero-order valence-corrected chi connectivity index (χ0v) is 15.9. The van der Waals surface area contributed by atoms with E-state index in [1.54, 1.807) is 21.3 Å². The number of fused-ring (bicyclic) bond motifs is 1. The normalized spacial score (nSPS) is 15.0. The standard InChI is InChI=1S/C22H24O4/c1-13-8-14(2)17-7-6-16(21(23)18(17)9-13)10-15-11-19(24-3)22(26-5)20(12-15)25-4/h8-12H,6-7H2,1-5H3/b16-10-. The van der Waals surface area contributed by atoms with Crippen molar-refractivity contribution in [2.75, 3.05) is 21.3 Å². The second-order valence-electron chi connectivity index (χ2n) is 6.57. The molecule has 4 nitrogen and oxygen atoms in total. The van der Waals surface area contributed by atoms with Crippen molar-refractivity contribution in [3.8, 4) is 17.2 Å². The largest absolute Gasteiger partial charge is 0.493 e. The molecule has 0 amide bonds. The summed E-state index contributed by atoms with van der Waals surface area (Å²) in [7, 11) is 4.74. The fourth-order valence-corrected chi connectivity index (χ4v) is 3.60. The summed E-state index contributed by atoms with van der Waals surface area (Å²) in [6.45, 7) is 4.10. The van der Waals surface area contributed by atoms with Crippen molar-refractivity contribution in [3.05, 3.63) is 57.7 Å². The minimum Gasteiger partial charge on any atom is -0.493 e. The average Bonchev–Trinajstić information content (AvgIpc) is 2.63. The van der Waals surface area contributed by atoms with Crippen molar-refractivity contribution in [1.82, 2.24) is 0 Å². The summed E-state index contributed by atoms with van der Waals surface area (Å²) < 4.78 is 16.2. The maximum absolute atomic E-state index is 13.0. The Kier molecular flexibility index (Phi) is 5.03. The Morgan fingerprint density at radius 2 is 1.54 bits per heavy atom. The van der Waals surface area contributed by atoms with E-state index < -0.39 is 0 Å². The summed E-state index contributed by atoms with van der Waals surface area (Å²) in [5, 5.41) is 0. The molecule has 1 aliphatic rings. The van der Waals surface area contributed by atoms with Gasteiger partial charge in [0, 0.05) is 11.1 Å². The van der Waals surface area contributed by atoms with E-state index >= 15 is 0 Å². The molecular weight excluding hydrogens is 328 g/mol. The molecule has 0 saturated carbocycles. The summed E-state index contributed by atoms with van der Waals surface area (Å²) in [6, 6.07) is 7.85. The number of rotatable bonds is 4. The molecule has 1 aliphatic carbocycles. The fourth-order valence-electron chi connectivity index (χ4n) is 3.60. The van der Waals surface area contributed by atoms with Crippen molar-refractivity contribution >= 4 is 11.9 Å². The third kappa shape index (κ3) is 3.19. The van der Waals surface area contributed by atoms with E-state index in [1.807, 2.05) is 31.2 Å². The van der Waals surface area contributed by atoms with Crippen molar-refractivity contribution < 1.29 is 19.0 Å². The summed E-state index contributed by atoms with van der Waals surface area (Å²) >= 11 is 0. The van der Waals surface area contributed by atoms with Gasteiger partial charge < -0.3 is 14.2 Å². The first-order valence-corrected chi connectivity index (χ1v) is 8.64. The van der Waals surface area contributed by atoms with Gasteiger partial charge >= 0.3 is 0 Å². The van der Waals surface area contributed by atoms with Gasteiger partial charge in [-0.2, -0.15) is 0 Å². The molecule has 136 valence electrons.